The second-order valence-corrected chi connectivity index (χ2v) is 5.70. The molecule has 3 N–H and O–H groups in total. The zero-order chi connectivity index (χ0) is 10.1. The number of carbonyl (C=O) groups excluding carboxylic acids is 1. The number of sulfone groups is 1. The van der Waals surface area contributed by atoms with Crippen LogP contribution >= 0.6 is 0 Å². The van der Waals surface area contributed by atoms with Crippen LogP contribution in [0.25, 0.3) is 0 Å². The average molecular weight is 206 g/mol. The average Bonchev–Trinajstić information content (AvgIpc) is 2.26. The molecular formula is C7H14N2O3S. The van der Waals surface area contributed by atoms with Gasteiger partial charge in [0.2, 0.25) is 5.91 Å². The summed E-state index contributed by atoms with van der Waals surface area (Å²) in [5, 5.41) is 2.88. The Hall–Kier alpha value is -0.620. The largest absolute Gasteiger partial charge is 0.370 e. The van der Waals surface area contributed by atoms with Crippen molar-refractivity contribution in [3.8, 4) is 0 Å². The lowest BCUT2D eigenvalue weighted by Gasteiger charge is -2.25. The van der Waals surface area contributed by atoms with Crippen molar-refractivity contribution in [3.05, 3.63) is 0 Å². The maximum atomic E-state index is 11.2. The predicted molar refractivity (Wildman–Crippen MR) is 48.9 cm³/mol. The lowest BCUT2D eigenvalue weighted by molar-refractivity contribution is -0.119. The molecule has 6 heteroatoms. The number of primary amides is 1. The monoisotopic (exact) mass is 206 g/mol. The molecule has 0 aromatic rings. The van der Waals surface area contributed by atoms with Crippen molar-refractivity contribution in [1.29, 1.82) is 0 Å². The number of hydrogen-bond donors (Lipinski definition) is 2. The molecule has 1 saturated heterocycles. The van der Waals surface area contributed by atoms with Crippen molar-refractivity contribution in [2.24, 2.45) is 5.73 Å². The molecule has 1 atom stereocenters. The summed E-state index contributed by atoms with van der Waals surface area (Å²) in [6.45, 7) is 0. The number of nitrogens with one attached hydrogen (secondary N) is 1. The van der Waals surface area contributed by atoms with Crippen molar-refractivity contribution in [2.45, 2.75) is 18.4 Å². The molecule has 1 rings (SSSR count). The standard InChI is InChI=1S/C7H14N2O3S/c1-9-7(4-6(8)10)2-3-13(11,12)5-7/h9H,2-5H2,1H3,(H2,8,10). The van der Waals surface area contributed by atoms with Gasteiger partial charge in [0.25, 0.3) is 0 Å². The van der Waals surface area contributed by atoms with E-state index in [1.54, 1.807) is 7.05 Å². The second kappa shape index (κ2) is 3.26. The number of hydrogen-bond acceptors (Lipinski definition) is 4. The Morgan fingerprint density at radius 2 is 2.23 bits per heavy atom. The molecule has 0 bridgehead atoms. The van der Waals surface area contributed by atoms with E-state index in [2.05, 4.69) is 5.32 Å². The third-order valence-electron chi connectivity index (χ3n) is 2.43. The van der Waals surface area contributed by atoms with Crippen LogP contribution in [-0.4, -0.2) is 38.4 Å². The number of carbonyl (C=O) groups is 1. The Bertz CT molecular complexity index is 312. The SMILES string of the molecule is CNC1(CC(N)=O)CCS(=O)(=O)C1. The van der Waals surface area contributed by atoms with Crippen LogP contribution in [0.15, 0.2) is 0 Å². The fourth-order valence-corrected chi connectivity index (χ4v) is 3.75. The van der Waals surface area contributed by atoms with E-state index in [1.807, 2.05) is 0 Å². The van der Waals surface area contributed by atoms with E-state index in [9.17, 15) is 13.2 Å². The third kappa shape index (κ3) is 2.41. The van der Waals surface area contributed by atoms with Gasteiger partial charge in [-0.3, -0.25) is 4.79 Å². The number of amides is 1. The van der Waals surface area contributed by atoms with E-state index in [1.165, 1.54) is 0 Å². The van der Waals surface area contributed by atoms with Crippen molar-refractivity contribution in [2.75, 3.05) is 18.6 Å². The molecule has 1 unspecified atom stereocenters. The van der Waals surface area contributed by atoms with Gasteiger partial charge in [0.1, 0.15) is 0 Å². The fraction of sp³-hybridized carbons (Fsp3) is 0.857. The summed E-state index contributed by atoms with van der Waals surface area (Å²) in [5.41, 5.74) is 4.43. The van der Waals surface area contributed by atoms with E-state index in [0.29, 0.717) is 6.42 Å². The van der Waals surface area contributed by atoms with Crippen LogP contribution in [0.1, 0.15) is 12.8 Å². The molecule has 1 fully saturated rings. The number of nitrogens with two attached hydrogens (primary N) is 1. The van der Waals surface area contributed by atoms with Crippen molar-refractivity contribution >= 4 is 15.7 Å². The molecule has 0 spiro atoms. The summed E-state index contributed by atoms with van der Waals surface area (Å²) >= 11 is 0. The van der Waals surface area contributed by atoms with Crippen LogP contribution in [0, 0.1) is 0 Å². The highest BCUT2D eigenvalue weighted by Crippen LogP contribution is 2.25. The molecule has 5 nitrogen and oxygen atoms in total. The lowest BCUT2D eigenvalue weighted by Crippen LogP contribution is -2.47. The molecular weight excluding hydrogens is 192 g/mol. The first kappa shape index (κ1) is 10.5. The zero-order valence-electron chi connectivity index (χ0n) is 7.54. The predicted octanol–water partition coefficient (Wildman–Crippen LogP) is -1.36. The van der Waals surface area contributed by atoms with Gasteiger partial charge in [-0.2, -0.15) is 0 Å². The Morgan fingerprint density at radius 1 is 1.62 bits per heavy atom. The van der Waals surface area contributed by atoms with Gasteiger partial charge in [-0.25, -0.2) is 8.42 Å². The first-order valence-corrected chi connectivity index (χ1v) is 5.89. The van der Waals surface area contributed by atoms with Crippen LogP contribution in [0.4, 0.5) is 0 Å². The number of rotatable bonds is 3. The molecule has 1 aliphatic heterocycles. The molecule has 76 valence electrons. The maximum absolute atomic E-state index is 11.2. The summed E-state index contributed by atoms with van der Waals surface area (Å²) in [7, 11) is -1.33. The minimum atomic E-state index is -2.98. The molecule has 0 aromatic heterocycles. The summed E-state index contributed by atoms with van der Waals surface area (Å²) < 4.78 is 22.4. The van der Waals surface area contributed by atoms with E-state index < -0.39 is 21.3 Å². The lowest BCUT2D eigenvalue weighted by atomic mass is 9.95. The van der Waals surface area contributed by atoms with Crippen molar-refractivity contribution in [3.63, 3.8) is 0 Å². The molecule has 1 heterocycles. The van der Waals surface area contributed by atoms with Gasteiger partial charge >= 0.3 is 0 Å². The maximum Gasteiger partial charge on any atom is 0.219 e. The molecule has 0 radical (unpaired) electrons. The van der Waals surface area contributed by atoms with E-state index >= 15 is 0 Å². The van der Waals surface area contributed by atoms with Gasteiger partial charge in [0, 0.05) is 12.0 Å². The molecule has 13 heavy (non-hydrogen) atoms. The van der Waals surface area contributed by atoms with E-state index in [-0.39, 0.29) is 17.9 Å². The van der Waals surface area contributed by atoms with Gasteiger partial charge in [-0.1, -0.05) is 0 Å². The Balaban J connectivity index is 2.80. The summed E-state index contributed by atoms with van der Waals surface area (Å²) in [6, 6.07) is 0. The van der Waals surface area contributed by atoms with Gasteiger partial charge in [-0.15, -0.1) is 0 Å². The minimum Gasteiger partial charge on any atom is -0.370 e. The highest BCUT2D eigenvalue weighted by molar-refractivity contribution is 7.91. The van der Waals surface area contributed by atoms with Crippen LogP contribution in [0.2, 0.25) is 0 Å². The summed E-state index contributed by atoms with van der Waals surface area (Å²) in [6.07, 6.45) is 0.553. The van der Waals surface area contributed by atoms with Crippen LogP contribution in [0.5, 0.6) is 0 Å². The van der Waals surface area contributed by atoms with E-state index in [0.717, 1.165) is 0 Å². The summed E-state index contributed by atoms with van der Waals surface area (Å²) in [4.78, 5) is 10.7. The van der Waals surface area contributed by atoms with Gasteiger partial charge in [0.15, 0.2) is 9.84 Å². The first-order chi connectivity index (χ1) is 5.89. The summed E-state index contributed by atoms with van der Waals surface area (Å²) in [5.74, 6) is -0.313. The Kier molecular flexibility index (Phi) is 2.63. The molecule has 0 saturated carbocycles. The molecule has 1 aliphatic rings. The molecule has 1 amide bonds. The normalized spacial score (nSPS) is 31.8. The smallest absolute Gasteiger partial charge is 0.219 e. The van der Waals surface area contributed by atoms with Crippen molar-refractivity contribution < 1.29 is 13.2 Å². The topological polar surface area (TPSA) is 89.3 Å². The van der Waals surface area contributed by atoms with Crippen LogP contribution in [0.3, 0.4) is 0 Å². The molecule has 0 aromatic carbocycles. The highest BCUT2D eigenvalue weighted by Gasteiger charge is 2.41. The Morgan fingerprint density at radius 3 is 2.54 bits per heavy atom. The van der Waals surface area contributed by atoms with Crippen molar-refractivity contribution in [1.82, 2.24) is 5.32 Å². The van der Waals surface area contributed by atoms with Gasteiger partial charge in [0.05, 0.1) is 11.5 Å². The van der Waals surface area contributed by atoms with Gasteiger partial charge in [-0.05, 0) is 13.5 Å². The highest BCUT2D eigenvalue weighted by atomic mass is 32.2. The third-order valence-corrected chi connectivity index (χ3v) is 4.25. The fourth-order valence-electron chi connectivity index (χ4n) is 1.67. The van der Waals surface area contributed by atoms with Crippen LogP contribution < -0.4 is 11.1 Å². The first-order valence-electron chi connectivity index (χ1n) is 4.07. The minimum absolute atomic E-state index is 0.0133. The van der Waals surface area contributed by atoms with E-state index in [4.69, 9.17) is 5.73 Å². The van der Waals surface area contributed by atoms with Crippen LogP contribution in [-0.2, 0) is 14.6 Å². The molecule has 0 aliphatic carbocycles. The quantitative estimate of drug-likeness (QED) is 0.596. The Labute approximate surface area is 77.6 Å². The zero-order valence-corrected chi connectivity index (χ0v) is 8.36. The second-order valence-electron chi connectivity index (χ2n) is 3.52. The van der Waals surface area contributed by atoms with Gasteiger partial charge < -0.3 is 11.1 Å².